The lowest BCUT2D eigenvalue weighted by Gasteiger charge is -2.33. The third-order valence-electron chi connectivity index (χ3n) is 7.70. The van der Waals surface area contributed by atoms with Crippen LogP contribution >= 0.6 is 11.6 Å². The van der Waals surface area contributed by atoms with Crippen LogP contribution in [0.1, 0.15) is 45.1 Å². The Morgan fingerprint density at radius 2 is 1.90 bits per heavy atom. The third kappa shape index (κ3) is 6.18. The van der Waals surface area contributed by atoms with Gasteiger partial charge in [-0.25, -0.2) is 4.98 Å². The van der Waals surface area contributed by atoms with E-state index in [9.17, 15) is 27.6 Å². The molecule has 0 saturated carbocycles. The highest BCUT2D eigenvalue weighted by atomic mass is 35.5. The Balaban J connectivity index is 1.41. The monoisotopic (exact) mass is 605 g/mol. The largest absolute Gasteiger partial charge is 0.471 e. The Hall–Kier alpha value is -3.80. The lowest BCUT2D eigenvalue weighted by Crippen LogP contribution is -2.37. The standard InChI is InChI=1S/C29H31ClF3N5O4/c1-2-42-27(40)17-10-13-37(14-11-17)19-7-9-21-20(16-19)25-35-22-8-6-18(30)15-24(22)38(25)23(26(39)36-21)5-3-4-12-34-28(41)29(31,32)33/h6-9,15-17,23H,2-5,10-14H2,1H3,(H,34,41)(H,36,39). The minimum Gasteiger partial charge on any atom is -0.466 e. The van der Waals surface area contributed by atoms with Crippen molar-refractivity contribution < 1.29 is 32.3 Å². The maximum absolute atomic E-state index is 13.5. The first kappa shape index (κ1) is 29.7. The molecule has 3 heterocycles. The Bertz CT molecular complexity index is 1500. The maximum atomic E-state index is 13.5. The number of alkyl halides is 3. The molecule has 0 radical (unpaired) electrons. The molecule has 2 aliphatic heterocycles. The number of esters is 1. The summed E-state index contributed by atoms with van der Waals surface area (Å²) < 4.78 is 44.5. The van der Waals surface area contributed by atoms with Gasteiger partial charge in [-0.15, -0.1) is 0 Å². The van der Waals surface area contributed by atoms with Gasteiger partial charge in [-0.1, -0.05) is 11.6 Å². The quantitative estimate of drug-likeness (QED) is 0.260. The number of benzene rings is 2. The second-order valence-electron chi connectivity index (χ2n) is 10.4. The van der Waals surface area contributed by atoms with Crippen LogP contribution in [0, 0.1) is 5.92 Å². The van der Waals surface area contributed by atoms with Gasteiger partial charge in [0.15, 0.2) is 0 Å². The molecule has 1 aromatic heterocycles. The van der Waals surface area contributed by atoms with Crippen LogP contribution < -0.4 is 15.5 Å². The predicted octanol–water partition coefficient (Wildman–Crippen LogP) is 5.48. The number of fused-ring (bicyclic) bond motifs is 5. The predicted molar refractivity (Wildman–Crippen MR) is 152 cm³/mol. The van der Waals surface area contributed by atoms with Crippen molar-refractivity contribution in [3.63, 3.8) is 0 Å². The van der Waals surface area contributed by atoms with E-state index in [1.165, 1.54) is 0 Å². The molecule has 1 fully saturated rings. The lowest BCUT2D eigenvalue weighted by atomic mass is 9.96. The number of imidazole rings is 1. The van der Waals surface area contributed by atoms with Crippen molar-refractivity contribution in [1.82, 2.24) is 14.9 Å². The number of unbranched alkanes of at least 4 members (excludes halogenated alkanes) is 1. The van der Waals surface area contributed by atoms with Crippen molar-refractivity contribution in [3.8, 4) is 11.4 Å². The van der Waals surface area contributed by atoms with E-state index in [1.807, 2.05) is 28.1 Å². The number of carbonyl (C=O) groups is 3. The van der Waals surface area contributed by atoms with E-state index < -0.39 is 18.1 Å². The fourth-order valence-electron chi connectivity index (χ4n) is 5.59. The number of ether oxygens (including phenoxy) is 1. The van der Waals surface area contributed by atoms with Crippen molar-refractivity contribution in [2.45, 2.75) is 51.2 Å². The highest BCUT2D eigenvalue weighted by Gasteiger charge is 2.38. The average molecular weight is 606 g/mol. The van der Waals surface area contributed by atoms with Crippen LogP contribution in [-0.4, -0.2) is 59.8 Å². The number of aromatic nitrogens is 2. The molecule has 0 bridgehead atoms. The minimum absolute atomic E-state index is 0.127. The smallest absolute Gasteiger partial charge is 0.466 e. The van der Waals surface area contributed by atoms with Gasteiger partial charge in [0, 0.05) is 35.9 Å². The summed E-state index contributed by atoms with van der Waals surface area (Å²) in [6, 6.07) is 10.3. The van der Waals surface area contributed by atoms with E-state index in [-0.39, 0.29) is 30.8 Å². The van der Waals surface area contributed by atoms with Crippen LogP contribution in [0.4, 0.5) is 24.5 Å². The number of hydrogen-bond donors (Lipinski definition) is 2. The van der Waals surface area contributed by atoms with Crippen LogP contribution in [0.25, 0.3) is 22.4 Å². The van der Waals surface area contributed by atoms with Crippen LogP contribution in [0.15, 0.2) is 36.4 Å². The van der Waals surface area contributed by atoms with Gasteiger partial charge in [-0.2, -0.15) is 13.2 Å². The second-order valence-corrected chi connectivity index (χ2v) is 10.9. The zero-order chi connectivity index (χ0) is 30.0. The summed E-state index contributed by atoms with van der Waals surface area (Å²) >= 11 is 6.32. The first-order chi connectivity index (χ1) is 20.1. The average Bonchev–Trinajstić information content (AvgIpc) is 3.27. The Morgan fingerprint density at radius 3 is 2.62 bits per heavy atom. The number of hydrogen-bond acceptors (Lipinski definition) is 6. The molecule has 0 spiro atoms. The zero-order valence-electron chi connectivity index (χ0n) is 23.0. The molecule has 42 heavy (non-hydrogen) atoms. The Morgan fingerprint density at radius 1 is 1.14 bits per heavy atom. The van der Waals surface area contributed by atoms with Crippen LogP contribution in [0.5, 0.6) is 0 Å². The van der Waals surface area contributed by atoms with Gasteiger partial charge in [0.2, 0.25) is 5.91 Å². The van der Waals surface area contributed by atoms with E-state index in [0.29, 0.717) is 72.9 Å². The summed E-state index contributed by atoms with van der Waals surface area (Å²) in [5.41, 5.74) is 3.56. The molecule has 2 N–H and O–H groups in total. The number of rotatable bonds is 8. The molecule has 9 nitrogen and oxygen atoms in total. The van der Waals surface area contributed by atoms with Crippen LogP contribution in [-0.2, 0) is 19.1 Å². The SMILES string of the molecule is CCOC(=O)C1CCN(c2ccc3c(c2)-c2nc4ccc(Cl)cc4n2C(CCCCNC(=O)C(F)(F)F)C(=O)N3)CC1. The third-order valence-corrected chi connectivity index (χ3v) is 7.93. The van der Waals surface area contributed by atoms with E-state index in [2.05, 4.69) is 10.2 Å². The molecule has 1 atom stereocenters. The normalized spacial score (nSPS) is 17.3. The van der Waals surface area contributed by atoms with E-state index in [1.54, 1.807) is 25.1 Å². The van der Waals surface area contributed by atoms with E-state index in [0.717, 1.165) is 11.3 Å². The number of piperidine rings is 1. The fraction of sp³-hybridized carbons (Fsp3) is 0.448. The molecule has 3 aromatic rings. The Kier molecular flexibility index (Phi) is 8.63. The van der Waals surface area contributed by atoms with Crippen molar-refractivity contribution in [1.29, 1.82) is 0 Å². The summed E-state index contributed by atoms with van der Waals surface area (Å²) in [7, 11) is 0. The highest BCUT2D eigenvalue weighted by molar-refractivity contribution is 6.31. The highest BCUT2D eigenvalue weighted by Crippen LogP contribution is 2.40. The molecule has 1 saturated heterocycles. The topological polar surface area (TPSA) is 106 Å². The molecule has 2 amide bonds. The van der Waals surface area contributed by atoms with Crippen LogP contribution in [0.2, 0.25) is 5.02 Å². The summed E-state index contributed by atoms with van der Waals surface area (Å²) in [5, 5.41) is 5.34. The number of nitrogens with zero attached hydrogens (tertiary/aromatic N) is 3. The molecule has 224 valence electrons. The Labute approximate surface area is 245 Å². The molecule has 1 unspecified atom stereocenters. The number of halogens is 4. The number of carbonyl (C=O) groups excluding carboxylic acids is 3. The maximum Gasteiger partial charge on any atom is 0.471 e. The summed E-state index contributed by atoms with van der Waals surface area (Å²) in [6.45, 7) is 3.34. The molecule has 0 aliphatic carbocycles. The molecular weight excluding hydrogens is 575 g/mol. The summed E-state index contributed by atoms with van der Waals surface area (Å²) in [6.07, 6.45) is -2.64. The van der Waals surface area contributed by atoms with E-state index in [4.69, 9.17) is 21.3 Å². The van der Waals surface area contributed by atoms with Crippen molar-refractivity contribution >= 4 is 51.8 Å². The van der Waals surface area contributed by atoms with E-state index >= 15 is 0 Å². The van der Waals surface area contributed by atoms with Crippen LogP contribution in [0.3, 0.4) is 0 Å². The van der Waals surface area contributed by atoms with Crippen molar-refractivity contribution in [3.05, 3.63) is 41.4 Å². The summed E-state index contributed by atoms with van der Waals surface area (Å²) in [4.78, 5) is 43.9. The van der Waals surface area contributed by atoms with Gasteiger partial charge in [0.25, 0.3) is 0 Å². The van der Waals surface area contributed by atoms with Gasteiger partial charge in [-0.05, 0) is 75.4 Å². The molecule has 2 aromatic carbocycles. The van der Waals surface area contributed by atoms with Gasteiger partial charge in [-0.3, -0.25) is 14.4 Å². The zero-order valence-corrected chi connectivity index (χ0v) is 23.7. The van der Waals surface area contributed by atoms with Gasteiger partial charge >= 0.3 is 18.1 Å². The first-order valence-corrected chi connectivity index (χ1v) is 14.3. The van der Waals surface area contributed by atoms with Gasteiger partial charge in [0.1, 0.15) is 11.9 Å². The number of nitrogens with one attached hydrogen (secondary N) is 2. The summed E-state index contributed by atoms with van der Waals surface area (Å²) in [5.74, 6) is -1.99. The molecule has 13 heteroatoms. The fourth-order valence-corrected chi connectivity index (χ4v) is 5.75. The minimum atomic E-state index is -4.94. The number of anilines is 2. The lowest BCUT2D eigenvalue weighted by molar-refractivity contribution is -0.173. The van der Waals surface area contributed by atoms with Gasteiger partial charge < -0.3 is 24.8 Å². The molecule has 2 aliphatic rings. The van der Waals surface area contributed by atoms with Gasteiger partial charge in [0.05, 0.1) is 29.2 Å². The number of amides is 2. The first-order valence-electron chi connectivity index (χ1n) is 14.0. The van der Waals surface area contributed by atoms with Crippen molar-refractivity contribution in [2.24, 2.45) is 5.92 Å². The molecule has 5 rings (SSSR count). The van der Waals surface area contributed by atoms with Crippen molar-refractivity contribution in [2.75, 3.05) is 36.5 Å². The second kappa shape index (κ2) is 12.2. The molecular formula is C29H31ClF3N5O4.